The molecule has 1 unspecified atom stereocenters. The molecule has 1 aromatic carbocycles. The number of esters is 1. The van der Waals surface area contributed by atoms with E-state index in [1.165, 1.54) is 0 Å². The number of imidazole rings is 1. The van der Waals surface area contributed by atoms with Gasteiger partial charge in [0.2, 0.25) is 0 Å². The third kappa shape index (κ3) is 3.81. The molecule has 1 N–H and O–H groups in total. The lowest BCUT2D eigenvalue weighted by Gasteiger charge is -2.19. The number of halogens is 2. The van der Waals surface area contributed by atoms with Crippen molar-refractivity contribution in [2.75, 3.05) is 6.61 Å². The molecule has 4 rings (SSSR count). The van der Waals surface area contributed by atoms with E-state index >= 15 is 0 Å². The van der Waals surface area contributed by atoms with Crippen molar-refractivity contribution in [3.63, 3.8) is 0 Å². The first-order chi connectivity index (χ1) is 14.1. The second-order valence-corrected chi connectivity index (χ2v) is 7.25. The summed E-state index contributed by atoms with van der Waals surface area (Å²) < 4.78 is 8.99. The smallest absolute Gasteiger partial charge is 0.341 e. The van der Waals surface area contributed by atoms with Gasteiger partial charge in [0, 0.05) is 47.2 Å². The minimum absolute atomic E-state index is 0.200. The summed E-state index contributed by atoms with van der Waals surface area (Å²) in [5, 5.41) is 1.14. The average Bonchev–Trinajstić information content (AvgIpc) is 3.46. The number of aromatic amines is 1. The maximum absolute atomic E-state index is 12.2. The second-order valence-electron chi connectivity index (χ2n) is 6.41. The molecule has 148 valence electrons. The van der Waals surface area contributed by atoms with Crippen LogP contribution in [0.3, 0.4) is 0 Å². The van der Waals surface area contributed by atoms with Crippen LogP contribution in [0, 0.1) is 0 Å². The summed E-state index contributed by atoms with van der Waals surface area (Å²) in [5.41, 5.74) is 3.05. The van der Waals surface area contributed by atoms with Gasteiger partial charge in [0.05, 0.1) is 24.7 Å². The molecular formula is C21H18Cl2N4O2. The minimum atomic E-state index is -0.370. The number of nitrogens with one attached hydrogen (secondary N) is 1. The van der Waals surface area contributed by atoms with Gasteiger partial charge in [-0.15, -0.1) is 0 Å². The molecule has 3 aromatic heterocycles. The number of aromatic nitrogens is 4. The highest BCUT2D eigenvalue weighted by atomic mass is 35.5. The van der Waals surface area contributed by atoms with Crippen LogP contribution in [-0.2, 0) is 4.74 Å². The van der Waals surface area contributed by atoms with Gasteiger partial charge >= 0.3 is 5.97 Å². The Morgan fingerprint density at radius 3 is 2.83 bits per heavy atom. The van der Waals surface area contributed by atoms with E-state index in [1.807, 2.05) is 45.9 Å². The maximum atomic E-state index is 12.2. The average molecular weight is 429 g/mol. The first kappa shape index (κ1) is 19.4. The second kappa shape index (κ2) is 8.19. The third-order valence-corrected chi connectivity index (χ3v) is 5.17. The lowest BCUT2D eigenvalue weighted by atomic mass is 10.0. The molecule has 4 aromatic rings. The maximum Gasteiger partial charge on any atom is 0.341 e. The number of H-pyrrole nitrogens is 1. The van der Waals surface area contributed by atoms with E-state index in [0.29, 0.717) is 27.9 Å². The summed E-state index contributed by atoms with van der Waals surface area (Å²) in [6.07, 6.45) is 12.6. The first-order valence-corrected chi connectivity index (χ1v) is 9.78. The number of carbonyl (C=O) groups is 1. The van der Waals surface area contributed by atoms with E-state index < -0.39 is 0 Å². The Labute approximate surface area is 177 Å². The lowest BCUT2D eigenvalue weighted by molar-refractivity contribution is 0.0526. The topological polar surface area (TPSA) is 64.8 Å². The summed E-state index contributed by atoms with van der Waals surface area (Å²) >= 11 is 12.6. The molecule has 29 heavy (non-hydrogen) atoms. The highest BCUT2D eigenvalue weighted by Gasteiger charge is 2.22. The third-order valence-electron chi connectivity index (χ3n) is 4.61. The molecule has 0 aliphatic rings. The monoisotopic (exact) mass is 428 g/mol. The van der Waals surface area contributed by atoms with Gasteiger partial charge in [-0.2, -0.15) is 0 Å². The number of rotatable bonds is 6. The lowest BCUT2D eigenvalue weighted by Crippen LogP contribution is -2.11. The first-order valence-electron chi connectivity index (χ1n) is 9.03. The van der Waals surface area contributed by atoms with Crippen LogP contribution in [-0.4, -0.2) is 31.7 Å². The number of hydrogen-bond donors (Lipinski definition) is 1. The number of ether oxygens (including phenoxy) is 1. The number of benzene rings is 1. The molecule has 0 fully saturated rings. The highest BCUT2D eigenvalue weighted by Crippen LogP contribution is 2.34. The Morgan fingerprint density at radius 1 is 1.24 bits per heavy atom. The van der Waals surface area contributed by atoms with E-state index in [-0.39, 0.29) is 12.0 Å². The molecule has 3 heterocycles. The van der Waals surface area contributed by atoms with Crippen LogP contribution in [0.15, 0.2) is 67.8 Å². The molecule has 8 heteroatoms. The van der Waals surface area contributed by atoms with Crippen LogP contribution in [0.2, 0.25) is 10.0 Å². The molecule has 0 saturated heterocycles. The number of hydrogen-bond acceptors (Lipinski definition) is 3. The van der Waals surface area contributed by atoms with Crippen LogP contribution in [0.1, 0.15) is 34.5 Å². The molecule has 0 spiro atoms. The Kier molecular flexibility index (Phi) is 5.47. The molecule has 0 saturated carbocycles. The Hall–Kier alpha value is -2.96. The normalized spacial score (nSPS) is 12.1. The molecule has 1 atom stereocenters. The highest BCUT2D eigenvalue weighted by molar-refractivity contribution is 6.35. The van der Waals surface area contributed by atoms with Crippen LogP contribution in [0.4, 0.5) is 0 Å². The molecule has 0 radical (unpaired) electrons. The van der Waals surface area contributed by atoms with E-state index in [9.17, 15) is 4.79 Å². The SMILES string of the molecule is CCOC(=O)c1c[nH]cc1-n1ccc(C(c2ccc(Cl)cc2Cl)n2ccnc2)c1. The number of nitrogens with zero attached hydrogens (tertiary/aromatic N) is 3. The molecule has 0 aliphatic carbocycles. The van der Waals surface area contributed by atoms with Crippen molar-refractivity contribution >= 4 is 29.2 Å². The van der Waals surface area contributed by atoms with E-state index in [4.69, 9.17) is 27.9 Å². The fourth-order valence-corrected chi connectivity index (χ4v) is 3.84. The summed E-state index contributed by atoms with van der Waals surface area (Å²) in [7, 11) is 0. The molecular weight excluding hydrogens is 411 g/mol. The van der Waals surface area contributed by atoms with Gasteiger partial charge in [-0.3, -0.25) is 0 Å². The van der Waals surface area contributed by atoms with Crippen molar-refractivity contribution in [3.8, 4) is 5.69 Å². The number of carbonyl (C=O) groups excluding carboxylic acids is 1. The molecule has 6 nitrogen and oxygen atoms in total. The van der Waals surface area contributed by atoms with Gasteiger partial charge in [-0.25, -0.2) is 9.78 Å². The van der Waals surface area contributed by atoms with Gasteiger partial charge in [0.25, 0.3) is 0 Å². The summed E-state index contributed by atoms with van der Waals surface area (Å²) in [6.45, 7) is 2.10. The predicted molar refractivity (Wildman–Crippen MR) is 112 cm³/mol. The Balaban J connectivity index is 1.77. The zero-order valence-electron chi connectivity index (χ0n) is 15.5. The van der Waals surface area contributed by atoms with Crippen LogP contribution < -0.4 is 0 Å². The van der Waals surface area contributed by atoms with Crippen LogP contribution >= 0.6 is 23.2 Å². The van der Waals surface area contributed by atoms with Crippen molar-refractivity contribution in [2.24, 2.45) is 0 Å². The largest absolute Gasteiger partial charge is 0.462 e. The fraction of sp³-hybridized carbons (Fsp3) is 0.143. The van der Waals surface area contributed by atoms with E-state index in [0.717, 1.165) is 11.1 Å². The Morgan fingerprint density at radius 2 is 2.10 bits per heavy atom. The quantitative estimate of drug-likeness (QED) is 0.433. The van der Waals surface area contributed by atoms with Crippen molar-refractivity contribution in [2.45, 2.75) is 13.0 Å². The van der Waals surface area contributed by atoms with Crippen molar-refractivity contribution in [1.29, 1.82) is 0 Å². The zero-order chi connectivity index (χ0) is 20.4. The molecule has 0 aliphatic heterocycles. The van der Waals surface area contributed by atoms with Crippen molar-refractivity contribution < 1.29 is 9.53 Å². The molecule has 0 bridgehead atoms. The van der Waals surface area contributed by atoms with Crippen LogP contribution in [0.5, 0.6) is 0 Å². The van der Waals surface area contributed by atoms with E-state index in [1.54, 1.807) is 37.9 Å². The van der Waals surface area contributed by atoms with Gasteiger partial charge in [-0.05, 0) is 36.2 Å². The van der Waals surface area contributed by atoms with E-state index in [2.05, 4.69) is 9.97 Å². The summed E-state index contributed by atoms with van der Waals surface area (Å²) in [6, 6.07) is 7.23. The summed E-state index contributed by atoms with van der Waals surface area (Å²) in [5.74, 6) is -0.370. The predicted octanol–water partition coefficient (Wildman–Crippen LogP) is 5.12. The van der Waals surface area contributed by atoms with Gasteiger partial charge < -0.3 is 18.9 Å². The van der Waals surface area contributed by atoms with Crippen LogP contribution in [0.25, 0.3) is 5.69 Å². The van der Waals surface area contributed by atoms with Crippen molar-refractivity contribution in [3.05, 3.63) is 94.5 Å². The molecule has 0 amide bonds. The fourth-order valence-electron chi connectivity index (χ4n) is 3.32. The summed E-state index contributed by atoms with van der Waals surface area (Å²) in [4.78, 5) is 19.4. The Bertz CT molecular complexity index is 1130. The minimum Gasteiger partial charge on any atom is -0.462 e. The van der Waals surface area contributed by atoms with Gasteiger partial charge in [0.15, 0.2) is 0 Å². The standard InChI is InChI=1S/C21H18Cl2N4O2/c1-2-29-21(28)17-10-25-11-19(17)26-7-5-14(12-26)20(27-8-6-24-13-27)16-4-3-15(22)9-18(16)23/h3-13,20,25H,2H2,1H3. The van der Waals surface area contributed by atoms with Gasteiger partial charge in [0.1, 0.15) is 5.56 Å². The van der Waals surface area contributed by atoms with Gasteiger partial charge in [-0.1, -0.05) is 29.3 Å². The zero-order valence-corrected chi connectivity index (χ0v) is 17.1. The van der Waals surface area contributed by atoms with Crippen molar-refractivity contribution in [1.82, 2.24) is 19.1 Å².